The Balaban J connectivity index is 1.98. The Labute approximate surface area is 86.4 Å². The molecule has 1 saturated heterocycles. The maximum absolute atomic E-state index is 10.4. The third kappa shape index (κ3) is 2.14. The number of nitrogens with one attached hydrogen (secondary N) is 2. The molecule has 0 unspecified atom stereocenters. The first-order chi connectivity index (χ1) is 6.90. The molecule has 1 aromatic heterocycles. The lowest BCUT2D eigenvalue weighted by molar-refractivity contribution is 0.396. The second-order valence-corrected chi connectivity index (χ2v) is 4.16. The molecule has 0 bridgehead atoms. The van der Waals surface area contributed by atoms with E-state index >= 15 is 0 Å². The first-order valence-corrected chi connectivity index (χ1v) is 5.32. The third-order valence-electron chi connectivity index (χ3n) is 2.08. The molecule has 0 amide bonds. The number of hydrogen-bond donors (Lipinski definition) is 2. The van der Waals surface area contributed by atoms with Crippen LogP contribution < -0.4 is 5.32 Å². The second kappa shape index (κ2) is 4.59. The van der Waals surface area contributed by atoms with E-state index in [1.807, 2.05) is 0 Å². The summed E-state index contributed by atoms with van der Waals surface area (Å²) in [7, 11) is 0. The Kier molecular flexibility index (Phi) is 3.18. The number of H-pyrrole nitrogens is 1. The van der Waals surface area contributed by atoms with E-state index in [1.54, 1.807) is 24.2 Å². The van der Waals surface area contributed by atoms with Gasteiger partial charge in [0.1, 0.15) is 10.7 Å². The van der Waals surface area contributed by atoms with Crippen molar-refractivity contribution >= 4 is 17.6 Å². The van der Waals surface area contributed by atoms with Gasteiger partial charge in [0.25, 0.3) is 0 Å². The van der Waals surface area contributed by atoms with Gasteiger partial charge in [-0.05, 0) is 23.2 Å². The number of nitroso groups, excluding NO2 is 1. The molecule has 76 valence electrons. The minimum absolute atomic E-state index is 0.494. The summed E-state index contributed by atoms with van der Waals surface area (Å²) in [5.41, 5.74) is 0.494. The van der Waals surface area contributed by atoms with Crippen molar-refractivity contribution in [3.05, 3.63) is 17.2 Å². The van der Waals surface area contributed by atoms with Crippen molar-refractivity contribution in [3.8, 4) is 0 Å². The van der Waals surface area contributed by atoms with Crippen LogP contribution in [0.2, 0.25) is 0 Å². The van der Waals surface area contributed by atoms with Crippen LogP contribution >= 0.6 is 11.9 Å². The molecule has 1 fully saturated rings. The van der Waals surface area contributed by atoms with Crippen molar-refractivity contribution in [2.45, 2.75) is 5.03 Å². The normalized spacial score (nSPS) is 18.3. The highest BCUT2D eigenvalue weighted by Gasteiger charge is 2.14. The summed E-state index contributed by atoms with van der Waals surface area (Å²) in [4.78, 5) is 13.4. The van der Waals surface area contributed by atoms with Gasteiger partial charge in [0.2, 0.25) is 0 Å². The molecule has 0 saturated carbocycles. The lowest BCUT2D eigenvalue weighted by atomic mass is 10.4. The van der Waals surface area contributed by atoms with E-state index < -0.39 is 0 Å². The van der Waals surface area contributed by atoms with Crippen molar-refractivity contribution in [1.29, 1.82) is 0 Å². The Morgan fingerprint density at radius 1 is 1.43 bits per heavy atom. The highest BCUT2D eigenvalue weighted by Crippen LogP contribution is 2.30. The average molecular weight is 212 g/mol. The highest BCUT2D eigenvalue weighted by molar-refractivity contribution is 7.97. The fourth-order valence-corrected chi connectivity index (χ4v) is 2.30. The van der Waals surface area contributed by atoms with Gasteiger partial charge in [-0.15, -0.1) is 4.91 Å². The largest absolute Gasteiger partial charge is 0.354 e. The molecule has 0 aromatic carbocycles. The lowest BCUT2D eigenvalue weighted by Crippen LogP contribution is -2.39. The molecule has 14 heavy (non-hydrogen) atoms. The van der Waals surface area contributed by atoms with E-state index in [2.05, 4.69) is 19.8 Å². The minimum Gasteiger partial charge on any atom is -0.354 e. The molecule has 2 rings (SSSR count). The molecule has 0 radical (unpaired) electrons. The molecule has 0 aliphatic carbocycles. The van der Waals surface area contributed by atoms with E-state index in [9.17, 15) is 4.91 Å². The van der Waals surface area contributed by atoms with Gasteiger partial charge in [0.15, 0.2) is 0 Å². The smallest absolute Gasteiger partial charge is 0.140 e. The van der Waals surface area contributed by atoms with Gasteiger partial charge < -0.3 is 10.3 Å². The highest BCUT2D eigenvalue weighted by atomic mass is 32.2. The standard InChI is InChI=1S/C8H12N4OS/c13-11-7-1-2-10-8(7)14-12-5-3-9-4-6-12/h1-2,9-10H,3-6H2. The van der Waals surface area contributed by atoms with Crippen molar-refractivity contribution in [2.24, 2.45) is 5.18 Å². The molecular formula is C8H12N4OS. The van der Waals surface area contributed by atoms with Crippen LogP contribution in [-0.2, 0) is 0 Å². The summed E-state index contributed by atoms with van der Waals surface area (Å²) in [6, 6.07) is 1.69. The Morgan fingerprint density at radius 2 is 2.21 bits per heavy atom. The molecule has 5 nitrogen and oxygen atoms in total. The van der Waals surface area contributed by atoms with Crippen LogP contribution in [0.5, 0.6) is 0 Å². The van der Waals surface area contributed by atoms with E-state index in [-0.39, 0.29) is 0 Å². The summed E-state index contributed by atoms with van der Waals surface area (Å²) in [6.45, 7) is 3.97. The Morgan fingerprint density at radius 3 is 2.93 bits per heavy atom. The predicted octanol–water partition coefficient (Wildman–Crippen LogP) is 1.32. The summed E-state index contributed by atoms with van der Waals surface area (Å²) in [6.07, 6.45) is 1.74. The topological polar surface area (TPSA) is 60.5 Å². The maximum Gasteiger partial charge on any atom is 0.140 e. The third-order valence-corrected chi connectivity index (χ3v) is 3.22. The zero-order chi connectivity index (χ0) is 9.80. The first kappa shape index (κ1) is 9.70. The van der Waals surface area contributed by atoms with Gasteiger partial charge in [0, 0.05) is 32.4 Å². The van der Waals surface area contributed by atoms with Crippen molar-refractivity contribution in [3.63, 3.8) is 0 Å². The van der Waals surface area contributed by atoms with Crippen molar-refractivity contribution in [1.82, 2.24) is 14.6 Å². The molecule has 0 atom stereocenters. The van der Waals surface area contributed by atoms with Crippen LogP contribution in [0, 0.1) is 4.91 Å². The molecule has 0 spiro atoms. The summed E-state index contributed by atoms with van der Waals surface area (Å²) >= 11 is 1.57. The van der Waals surface area contributed by atoms with Gasteiger partial charge in [-0.3, -0.25) is 0 Å². The van der Waals surface area contributed by atoms with Gasteiger partial charge in [0.05, 0.1) is 0 Å². The van der Waals surface area contributed by atoms with Gasteiger partial charge >= 0.3 is 0 Å². The molecule has 1 aliphatic heterocycles. The minimum atomic E-state index is 0.494. The maximum atomic E-state index is 10.4. The van der Waals surface area contributed by atoms with Crippen LogP contribution in [0.4, 0.5) is 5.69 Å². The first-order valence-electron chi connectivity index (χ1n) is 4.54. The van der Waals surface area contributed by atoms with E-state index in [0.717, 1.165) is 31.2 Å². The van der Waals surface area contributed by atoms with Gasteiger partial charge in [-0.2, -0.15) is 0 Å². The summed E-state index contributed by atoms with van der Waals surface area (Å²) < 4.78 is 2.22. The number of hydrogen-bond acceptors (Lipinski definition) is 5. The molecule has 1 aliphatic rings. The van der Waals surface area contributed by atoms with Gasteiger partial charge in [-0.25, -0.2) is 4.31 Å². The quantitative estimate of drug-likeness (QED) is 0.586. The zero-order valence-electron chi connectivity index (χ0n) is 7.69. The number of aromatic nitrogens is 1. The second-order valence-electron chi connectivity index (χ2n) is 3.05. The van der Waals surface area contributed by atoms with Crippen LogP contribution in [0.3, 0.4) is 0 Å². The Hall–Kier alpha value is -0.850. The van der Waals surface area contributed by atoms with Crippen LogP contribution in [0.25, 0.3) is 0 Å². The SMILES string of the molecule is O=Nc1cc[nH]c1SN1CCNCC1. The monoisotopic (exact) mass is 212 g/mol. The van der Waals surface area contributed by atoms with Crippen LogP contribution in [-0.4, -0.2) is 35.5 Å². The molecule has 2 N–H and O–H groups in total. The predicted molar refractivity (Wildman–Crippen MR) is 56.5 cm³/mol. The fourth-order valence-electron chi connectivity index (χ4n) is 1.36. The Bertz CT molecular complexity index is 308. The van der Waals surface area contributed by atoms with Gasteiger partial charge in [-0.1, -0.05) is 0 Å². The van der Waals surface area contributed by atoms with Crippen LogP contribution in [0.1, 0.15) is 0 Å². The molecule has 6 heteroatoms. The number of rotatable bonds is 3. The number of nitrogens with zero attached hydrogens (tertiary/aromatic N) is 2. The zero-order valence-corrected chi connectivity index (χ0v) is 8.51. The number of piperazine rings is 1. The molecule has 2 heterocycles. The lowest BCUT2D eigenvalue weighted by Gasteiger charge is -2.25. The average Bonchev–Trinajstić information content (AvgIpc) is 2.67. The van der Waals surface area contributed by atoms with E-state index in [4.69, 9.17) is 0 Å². The summed E-state index contributed by atoms with van der Waals surface area (Å²) in [5, 5.41) is 7.06. The van der Waals surface area contributed by atoms with Crippen LogP contribution in [0.15, 0.2) is 22.5 Å². The van der Waals surface area contributed by atoms with E-state index in [1.165, 1.54) is 0 Å². The number of aromatic amines is 1. The van der Waals surface area contributed by atoms with Crippen molar-refractivity contribution in [2.75, 3.05) is 26.2 Å². The fraction of sp³-hybridized carbons (Fsp3) is 0.500. The molecule has 1 aromatic rings. The molecular weight excluding hydrogens is 200 g/mol. The van der Waals surface area contributed by atoms with Crippen molar-refractivity contribution < 1.29 is 0 Å². The summed E-state index contributed by atoms with van der Waals surface area (Å²) in [5.74, 6) is 0. The van der Waals surface area contributed by atoms with E-state index in [0.29, 0.717) is 5.69 Å².